The molecule has 0 N–H and O–H groups in total. The fourth-order valence-corrected chi connectivity index (χ4v) is 3.24. The van der Waals surface area contributed by atoms with Crippen molar-refractivity contribution in [1.82, 2.24) is 0 Å². The van der Waals surface area contributed by atoms with E-state index in [9.17, 15) is 0 Å². The molecule has 0 heterocycles. The molecule has 1 aromatic carbocycles. The molecule has 0 aliphatic heterocycles. The molecule has 0 saturated heterocycles. The minimum atomic E-state index is 0.654. The van der Waals surface area contributed by atoms with E-state index in [-0.39, 0.29) is 0 Å². The average molecular weight is 230 g/mol. The first-order valence-corrected chi connectivity index (χ1v) is 7.18. The molecule has 94 valence electrons. The van der Waals surface area contributed by atoms with E-state index in [4.69, 9.17) is 0 Å². The summed E-state index contributed by atoms with van der Waals surface area (Å²) in [4.78, 5) is 0. The van der Waals surface area contributed by atoms with Crippen LogP contribution in [0, 0.1) is 11.8 Å². The van der Waals surface area contributed by atoms with Gasteiger partial charge in [-0.2, -0.15) is 0 Å². The van der Waals surface area contributed by atoms with Gasteiger partial charge in [0.2, 0.25) is 0 Å². The highest BCUT2D eigenvalue weighted by atomic mass is 14.3. The van der Waals surface area contributed by atoms with Gasteiger partial charge in [0.05, 0.1) is 0 Å². The van der Waals surface area contributed by atoms with Crippen molar-refractivity contribution in [3.8, 4) is 0 Å². The first-order chi connectivity index (χ1) is 8.09. The van der Waals surface area contributed by atoms with Gasteiger partial charge in [-0.3, -0.25) is 0 Å². The maximum atomic E-state index is 2.43. The highest BCUT2D eigenvalue weighted by Crippen LogP contribution is 2.41. The Morgan fingerprint density at radius 3 is 2.35 bits per heavy atom. The SMILES string of the molecule is CC(C)c1ccccc1C1CCC(C)C(C)C1. The summed E-state index contributed by atoms with van der Waals surface area (Å²) in [5, 5.41) is 0. The van der Waals surface area contributed by atoms with Crippen LogP contribution in [0.2, 0.25) is 0 Å². The number of benzene rings is 1. The molecule has 0 amide bonds. The van der Waals surface area contributed by atoms with Gasteiger partial charge in [-0.15, -0.1) is 0 Å². The van der Waals surface area contributed by atoms with Crippen LogP contribution < -0.4 is 0 Å². The van der Waals surface area contributed by atoms with E-state index in [1.165, 1.54) is 19.3 Å². The molecule has 1 aromatic rings. The molecule has 3 atom stereocenters. The molecular formula is C17H26. The summed E-state index contributed by atoms with van der Waals surface area (Å²) in [5.74, 6) is 3.26. The van der Waals surface area contributed by atoms with Crippen LogP contribution in [0.1, 0.15) is 69.9 Å². The first kappa shape index (κ1) is 12.7. The third-order valence-electron chi connectivity index (χ3n) is 4.66. The Bertz CT molecular complexity index is 364. The van der Waals surface area contributed by atoms with Gasteiger partial charge in [-0.05, 0) is 54.1 Å². The Labute approximate surface area is 106 Å². The van der Waals surface area contributed by atoms with Crippen LogP contribution in [0.25, 0.3) is 0 Å². The summed E-state index contributed by atoms with van der Waals surface area (Å²) >= 11 is 0. The lowest BCUT2D eigenvalue weighted by Gasteiger charge is -2.33. The summed E-state index contributed by atoms with van der Waals surface area (Å²) in [7, 11) is 0. The van der Waals surface area contributed by atoms with E-state index in [1.807, 2.05) is 0 Å². The maximum Gasteiger partial charge on any atom is -0.0156 e. The van der Waals surface area contributed by atoms with Crippen molar-refractivity contribution in [2.45, 2.75) is 58.8 Å². The van der Waals surface area contributed by atoms with Crippen LogP contribution in [0.15, 0.2) is 24.3 Å². The molecule has 0 heteroatoms. The van der Waals surface area contributed by atoms with Crippen LogP contribution in [-0.2, 0) is 0 Å². The molecule has 1 aliphatic rings. The fraction of sp³-hybridized carbons (Fsp3) is 0.647. The second-order valence-electron chi connectivity index (χ2n) is 6.25. The number of rotatable bonds is 2. The lowest BCUT2D eigenvalue weighted by Crippen LogP contribution is -2.20. The monoisotopic (exact) mass is 230 g/mol. The molecule has 0 spiro atoms. The summed E-state index contributed by atoms with van der Waals surface area (Å²) in [5.41, 5.74) is 3.19. The molecule has 1 aliphatic carbocycles. The van der Waals surface area contributed by atoms with Crippen molar-refractivity contribution in [2.75, 3.05) is 0 Å². The standard InChI is InChI=1S/C17H26/c1-12(2)16-7-5-6-8-17(16)15-10-9-13(3)14(4)11-15/h5-8,12-15H,9-11H2,1-4H3. The Kier molecular flexibility index (Phi) is 3.91. The largest absolute Gasteiger partial charge is 0.0623 e. The quantitative estimate of drug-likeness (QED) is 0.642. The van der Waals surface area contributed by atoms with Gasteiger partial charge in [0.15, 0.2) is 0 Å². The van der Waals surface area contributed by atoms with Gasteiger partial charge < -0.3 is 0 Å². The van der Waals surface area contributed by atoms with E-state index in [1.54, 1.807) is 11.1 Å². The van der Waals surface area contributed by atoms with Crippen molar-refractivity contribution >= 4 is 0 Å². The number of hydrogen-bond donors (Lipinski definition) is 0. The fourth-order valence-electron chi connectivity index (χ4n) is 3.24. The lowest BCUT2D eigenvalue weighted by molar-refractivity contribution is 0.249. The highest BCUT2D eigenvalue weighted by molar-refractivity contribution is 5.33. The highest BCUT2D eigenvalue weighted by Gasteiger charge is 2.26. The van der Waals surface area contributed by atoms with Gasteiger partial charge in [0.25, 0.3) is 0 Å². The third-order valence-corrected chi connectivity index (χ3v) is 4.66. The van der Waals surface area contributed by atoms with Crippen molar-refractivity contribution in [2.24, 2.45) is 11.8 Å². The van der Waals surface area contributed by atoms with E-state index in [2.05, 4.69) is 52.0 Å². The average Bonchev–Trinajstić information content (AvgIpc) is 2.32. The van der Waals surface area contributed by atoms with E-state index in [0.29, 0.717) is 5.92 Å². The Balaban J connectivity index is 2.22. The maximum absolute atomic E-state index is 2.43. The van der Waals surface area contributed by atoms with Gasteiger partial charge in [-0.25, -0.2) is 0 Å². The molecule has 1 saturated carbocycles. The molecule has 0 radical (unpaired) electrons. The second-order valence-corrected chi connectivity index (χ2v) is 6.25. The Morgan fingerprint density at radius 2 is 1.71 bits per heavy atom. The van der Waals surface area contributed by atoms with Crippen LogP contribution in [0.3, 0.4) is 0 Å². The van der Waals surface area contributed by atoms with Crippen LogP contribution >= 0.6 is 0 Å². The van der Waals surface area contributed by atoms with Crippen LogP contribution in [-0.4, -0.2) is 0 Å². The lowest BCUT2D eigenvalue weighted by atomic mass is 9.72. The summed E-state index contributed by atoms with van der Waals surface area (Å²) in [6.45, 7) is 9.46. The topological polar surface area (TPSA) is 0 Å². The minimum absolute atomic E-state index is 0.654. The van der Waals surface area contributed by atoms with Crippen LogP contribution in [0.5, 0.6) is 0 Å². The zero-order chi connectivity index (χ0) is 12.4. The number of hydrogen-bond acceptors (Lipinski definition) is 0. The Hall–Kier alpha value is -0.780. The normalized spacial score (nSPS) is 29.6. The van der Waals surface area contributed by atoms with Gasteiger partial charge >= 0.3 is 0 Å². The van der Waals surface area contributed by atoms with Gasteiger partial charge in [0.1, 0.15) is 0 Å². The van der Waals surface area contributed by atoms with E-state index < -0.39 is 0 Å². The minimum Gasteiger partial charge on any atom is -0.0623 e. The van der Waals surface area contributed by atoms with Gasteiger partial charge in [-0.1, -0.05) is 52.0 Å². The van der Waals surface area contributed by atoms with Crippen molar-refractivity contribution in [3.63, 3.8) is 0 Å². The zero-order valence-corrected chi connectivity index (χ0v) is 11.7. The summed E-state index contributed by atoms with van der Waals surface area (Å²) in [6.07, 6.45) is 4.17. The van der Waals surface area contributed by atoms with Crippen LogP contribution in [0.4, 0.5) is 0 Å². The smallest absolute Gasteiger partial charge is 0.0156 e. The molecular weight excluding hydrogens is 204 g/mol. The predicted molar refractivity (Wildman–Crippen MR) is 75.5 cm³/mol. The van der Waals surface area contributed by atoms with Gasteiger partial charge in [0, 0.05) is 0 Å². The molecule has 17 heavy (non-hydrogen) atoms. The summed E-state index contributed by atoms with van der Waals surface area (Å²) in [6, 6.07) is 9.09. The molecule has 1 fully saturated rings. The van der Waals surface area contributed by atoms with E-state index in [0.717, 1.165) is 17.8 Å². The molecule has 3 unspecified atom stereocenters. The predicted octanol–water partition coefficient (Wildman–Crippen LogP) is 5.35. The first-order valence-electron chi connectivity index (χ1n) is 7.18. The summed E-state index contributed by atoms with van der Waals surface area (Å²) < 4.78 is 0. The molecule has 0 bridgehead atoms. The molecule has 0 aromatic heterocycles. The zero-order valence-electron chi connectivity index (χ0n) is 11.7. The van der Waals surface area contributed by atoms with Crippen molar-refractivity contribution in [3.05, 3.63) is 35.4 Å². The second kappa shape index (κ2) is 5.25. The molecule has 2 rings (SSSR count). The Morgan fingerprint density at radius 1 is 1.00 bits per heavy atom. The van der Waals surface area contributed by atoms with Crippen molar-refractivity contribution in [1.29, 1.82) is 0 Å². The molecule has 0 nitrogen and oxygen atoms in total. The van der Waals surface area contributed by atoms with E-state index >= 15 is 0 Å². The third kappa shape index (κ3) is 2.73. The van der Waals surface area contributed by atoms with Crippen molar-refractivity contribution < 1.29 is 0 Å².